The number of rotatable bonds is 6. The maximum absolute atomic E-state index is 11.7. The van der Waals surface area contributed by atoms with Gasteiger partial charge in [0.1, 0.15) is 6.54 Å². The lowest BCUT2D eigenvalue weighted by atomic mass is 10.3. The number of carbonyl (C=O) groups is 1. The summed E-state index contributed by atoms with van der Waals surface area (Å²) in [4.78, 5) is 15.8. The molecule has 0 aliphatic rings. The van der Waals surface area contributed by atoms with Crippen LogP contribution in [0.5, 0.6) is 5.88 Å². The van der Waals surface area contributed by atoms with Gasteiger partial charge in [0.25, 0.3) is 0 Å². The number of methoxy groups -OCH3 is 1. The summed E-state index contributed by atoms with van der Waals surface area (Å²) >= 11 is 0. The van der Waals surface area contributed by atoms with Crippen molar-refractivity contribution in [1.29, 1.82) is 0 Å². The van der Waals surface area contributed by atoms with Gasteiger partial charge in [-0.3, -0.25) is 4.79 Å². The predicted molar refractivity (Wildman–Crippen MR) is 70.5 cm³/mol. The zero-order valence-electron chi connectivity index (χ0n) is 11.1. The summed E-state index contributed by atoms with van der Waals surface area (Å²) in [7, 11) is 1.55. The molecule has 0 spiro atoms. The van der Waals surface area contributed by atoms with Crippen LogP contribution in [0.1, 0.15) is 11.3 Å². The van der Waals surface area contributed by atoms with Crippen molar-refractivity contribution < 1.29 is 9.53 Å². The van der Waals surface area contributed by atoms with Gasteiger partial charge in [-0.2, -0.15) is 0 Å². The third kappa shape index (κ3) is 3.75. The number of nitrogens with one attached hydrogen (secondary N) is 1. The molecule has 0 saturated heterocycles. The normalized spacial score (nSPS) is 10.3. The van der Waals surface area contributed by atoms with Gasteiger partial charge >= 0.3 is 0 Å². The zero-order valence-corrected chi connectivity index (χ0v) is 11.1. The molecule has 0 aliphatic heterocycles. The minimum absolute atomic E-state index is 0.108. The van der Waals surface area contributed by atoms with Crippen LogP contribution in [0.2, 0.25) is 0 Å². The van der Waals surface area contributed by atoms with Crippen molar-refractivity contribution in [2.45, 2.75) is 19.6 Å². The molecule has 2 aromatic heterocycles. The summed E-state index contributed by atoms with van der Waals surface area (Å²) in [6.45, 7) is 0.810. The van der Waals surface area contributed by atoms with E-state index in [0.29, 0.717) is 24.7 Å². The molecule has 0 aliphatic carbocycles. The lowest BCUT2D eigenvalue weighted by Crippen LogP contribution is -2.27. The summed E-state index contributed by atoms with van der Waals surface area (Å²) < 4.78 is 6.41. The Morgan fingerprint density at radius 2 is 2.35 bits per heavy atom. The molecule has 0 aromatic carbocycles. The van der Waals surface area contributed by atoms with E-state index in [1.807, 2.05) is 6.07 Å². The molecule has 8 nitrogen and oxygen atoms in total. The summed E-state index contributed by atoms with van der Waals surface area (Å²) in [6, 6.07) is 3.58. The Kier molecular flexibility index (Phi) is 4.61. The third-order valence-corrected chi connectivity index (χ3v) is 2.60. The van der Waals surface area contributed by atoms with E-state index in [-0.39, 0.29) is 12.5 Å². The van der Waals surface area contributed by atoms with Crippen LogP contribution in [0.15, 0.2) is 24.5 Å². The van der Waals surface area contributed by atoms with E-state index in [0.717, 1.165) is 5.56 Å². The Balaban J connectivity index is 1.82. The Morgan fingerprint density at radius 1 is 1.50 bits per heavy atom. The third-order valence-electron chi connectivity index (χ3n) is 2.60. The molecule has 0 fully saturated rings. The topological polar surface area (TPSA) is 108 Å². The molecule has 106 valence electrons. The Morgan fingerprint density at radius 3 is 2.95 bits per heavy atom. The number of aromatic nitrogens is 4. The minimum atomic E-state index is -0.158. The molecule has 20 heavy (non-hydrogen) atoms. The molecule has 0 radical (unpaired) electrons. The van der Waals surface area contributed by atoms with Gasteiger partial charge in [-0.15, -0.1) is 5.10 Å². The minimum Gasteiger partial charge on any atom is -0.481 e. The average molecular weight is 276 g/mol. The smallest absolute Gasteiger partial charge is 0.242 e. The van der Waals surface area contributed by atoms with E-state index in [1.165, 1.54) is 4.68 Å². The van der Waals surface area contributed by atoms with Gasteiger partial charge in [-0.1, -0.05) is 11.3 Å². The first-order valence-corrected chi connectivity index (χ1v) is 6.06. The van der Waals surface area contributed by atoms with Gasteiger partial charge in [-0.25, -0.2) is 9.67 Å². The molecule has 2 rings (SSSR count). The van der Waals surface area contributed by atoms with Crippen LogP contribution >= 0.6 is 0 Å². The lowest BCUT2D eigenvalue weighted by molar-refractivity contribution is -0.122. The Labute approximate surface area is 115 Å². The second kappa shape index (κ2) is 6.62. The number of amides is 1. The fourth-order valence-corrected chi connectivity index (χ4v) is 1.55. The Bertz CT molecular complexity index is 566. The monoisotopic (exact) mass is 276 g/mol. The van der Waals surface area contributed by atoms with E-state index >= 15 is 0 Å². The maximum Gasteiger partial charge on any atom is 0.242 e. The van der Waals surface area contributed by atoms with Gasteiger partial charge in [0.2, 0.25) is 11.8 Å². The first kappa shape index (κ1) is 13.9. The molecule has 0 saturated carbocycles. The van der Waals surface area contributed by atoms with Gasteiger partial charge in [0.15, 0.2) is 0 Å². The number of carbonyl (C=O) groups excluding carboxylic acids is 1. The SMILES string of the molecule is COc1ccc(CNC(=O)Cn2cc(CN)nn2)cn1. The predicted octanol–water partition coefficient (Wildman–Crippen LogP) is -0.543. The standard InChI is InChI=1S/C12H16N6O2/c1-20-12-3-2-9(6-15-12)5-14-11(19)8-18-7-10(4-13)16-17-18/h2-3,6-7H,4-5,8,13H2,1H3,(H,14,19). The van der Waals surface area contributed by atoms with Gasteiger partial charge in [0, 0.05) is 25.4 Å². The molecule has 3 N–H and O–H groups in total. The molecule has 0 unspecified atom stereocenters. The lowest BCUT2D eigenvalue weighted by Gasteiger charge is -2.05. The number of nitrogens with two attached hydrogens (primary N) is 1. The van der Waals surface area contributed by atoms with Crippen molar-refractivity contribution in [3.63, 3.8) is 0 Å². The molecular formula is C12H16N6O2. The Hall–Kier alpha value is -2.48. The second-order valence-electron chi connectivity index (χ2n) is 4.10. The number of pyridine rings is 1. The van der Waals surface area contributed by atoms with E-state index in [1.54, 1.807) is 25.6 Å². The number of hydrogen-bond acceptors (Lipinski definition) is 6. The van der Waals surface area contributed by atoms with Crippen molar-refractivity contribution in [2.75, 3.05) is 7.11 Å². The van der Waals surface area contributed by atoms with Gasteiger partial charge < -0.3 is 15.8 Å². The van der Waals surface area contributed by atoms with Crippen LogP contribution in [0.4, 0.5) is 0 Å². The van der Waals surface area contributed by atoms with E-state index in [4.69, 9.17) is 10.5 Å². The van der Waals surface area contributed by atoms with Crippen LogP contribution in [-0.4, -0.2) is 33.0 Å². The summed E-state index contributed by atoms with van der Waals surface area (Å²) in [5.74, 6) is 0.381. The maximum atomic E-state index is 11.7. The number of nitrogens with zero attached hydrogens (tertiary/aromatic N) is 4. The average Bonchev–Trinajstić information content (AvgIpc) is 2.93. The second-order valence-corrected chi connectivity index (χ2v) is 4.10. The summed E-state index contributed by atoms with van der Waals surface area (Å²) in [5.41, 5.74) is 6.96. The fraction of sp³-hybridized carbons (Fsp3) is 0.333. The first-order valence-electron chi connectivity index (χ1n) is 6.06. The highest BCUT2D eigenvalue weighted by molar-refractivity contribution is 5.75. The highest BCUT2D eigenvalue weighted by Crippen LogP contribution is 2.06. The van der Waals surface area contributed by atoms with Crippen molar-refractivity contribution in [1.82, 2.24) is 25.3 Å². The highest BCUT2D eigenvalue weighted by Gasteiger charge is 2.05. The van der Waals surface area contributed by atoms with Crippen LogP contribution in [0.3, 0.4) is 0 Å². The van der Waals surface area contributed by atoms with Crippen LogP contribution in [-0.2, 0) is 24.4 Å². The van der Waals surface area contributed by atoms with Crippen molar-refractivity contribution in [3.8, 4) is 5.88 Å². The molecule has 2 heterocycles. The van der Waals surface area contributed by atoms with Crippen LogP contribution in [0.25, 0.3) is 0 Å². The fourth-order valence-electron chi connectivity index (χ4n) is 1.55. The molecule has 0 bridgehead atoms. The molecule has 2 aromatic rings. The largest absolute Gasteiger partial charge is 0.481 e. The molecular weight excluding hydrogens is 260 g/mol. The molecule has 8 heteroatoms. The quantitative estimate of drug-likeness (QED) is 0.733. The van der Waals surface area contributed by atoms with Crippen molar-refractivity contribution >= 4 is 5.91 Å². The van der Waals surface area contributed by atoms with E-state index in [9.17, 15) is 4.79 Å². The van der Waals surface area contributed by atoms with Crippen LogP contribution < -0.4 is 15.8 Å². The van der Waals surface area contributed by atoms with E-state index in [2.05, 4.69) is 20.6 Å². The van der Waals surface area contributed by atoms with Crippen LogP contribution in [0, 0.1) is 0 Å². The van der Waals surface area contributed by atoms with Crippen molar-refractivity contribution in [2.24, 2.45) is 5.73 Å². The zero-order chi connectivity index (χ0) is 14.4. The van der Waals surface area contributed by atoms with E-state index < -0.39 is 0 Å². The first-order chi connectivity index (χ1) is 9.71. The molecule has 1 amide bonds. The molecule has 0 atom stereocenters. The summed E-state index contributed by atoms with van der Waals surface area (Å²) in [5, 5.41) is 10.4. The highest BCUT2D eigenvalue weighted by atomic mass is 16.5. The summed E-state index contributed by atoms with van der Waals surface area (Å²) in [6.07, 6.45) is 3.30. The van der Waals surface area contributed by atoms with Gasteiger partial charge in [-0.05, 0) is 5.56 Å². The number of hydrogen-bond donors (Lipinski definition) is 2. The van der Waals surface area contributed by atoms with Gasteiger partial charge in [0.05, 0.1) is 19.0 Å². The van der Waals surface area contributed by atoms with Crippen molar-refractivity contribution in [3.05, 3.63) is 35.8 Å². The number of ether oxygens (including phenoxy) is 1.